The van der Waals surface area contributed by atoms with Gasteiger partial charge in [-0.2, -0.15) is 0 Å². The summed E-state index contributed by atoms with van der Waals surface area (Å²) in [5, 5.41) is 4.94. The summed E-state index contributed by atoms with van der Waals surface area (Å²) in [5.74, 6) is -0.950. The number of alkyl carbamates (subject to hydrolysis) is 1. The average molecular weight is 302 g/mol. The molecule has 0 rings (SSSR count). The molecule has 7 heteroatoms. The molecule has 0 aromatic carbocycles. The number of esters is 1. The molecule has 0 fully saturated rings. The van der Waals surface area contributed by atoms with E-state index in [0.717, 1.165) is 0 Å². The highest BCUT2D eigenvalue weighted by molar-refractivity contribution is 5.88. The predicted molar refractivity (Wildman–Crippen MR) is 77.7 cm³/mol. The van der Waals surface area contributed by atoms with Gasteiger partial charge >= 0.3 is 12.1 Å². The molecule has 0 saturated carbocycles. The molecule has 2 N–H and O–H groups in total. The number of nitrogens with one attached hydrogen (secondary N) is 2. The average Bonchev–Trinajstić information content (AvgIpc) is 2.33. The fourth-order valence-corrected chi connectivity index (χ4v) is 1.50. The lowest BCUT2D eigenvalue weighted by atomic mass is 10.1. The number of amides is 2. The molecule has 0 aromatic rings. The molecule has 7 nitrogen and oxygen atoms in total. The molecule has 0 spiro atoms. The number of hydrogen-bond acceptors (Lipinski definition) is 5. The Balaban J connectivity index is 4.42. The van der Waals surface area contributed by atoms with Crippen LogP contribution in [0, 0.1) is 0 Å². The van der Waals surface area contributed by atoms with Crippen LogP contribution in [-0.4, -0.2) is 42.8 Å². The lowest BCUT2D eigenvalue weighted by Crippen LogP contribution is -2.49. The molecule has 0 radical (unpaired) electrons. The van der Waals surface area contributed by atoms with E-state index in [2.05, 4.69) is 10.6 Å². The van der Waals surface area contributed by atoms with Crippen molar-refractivity contribution in [1.29, 1.82) is 0 Å². The van der Waals surface area contributed by atoms with Crippen LogP contribution in [-0.2, 0) is 19.1 Å². The van der Waals surface area contributed by atoms with E-state index >= 15 is 0 Å². The first kappa shape index (κ1) is 19.2. The SMILES string of the molecule is CCC[C@H](NC(=O)OC(C)(C)C)C(=O)NCC(=O)OCC. The van der Waals surface area contributed by atoms with Crippen molar-refractivity contribution in [3.63, 3.8) is 0 Å². The summed E-state index contributed by atoms with van der Waals surface area (Å²) >= 11 is 0. The Morgan fingerprint density at radius 3 is 2.24 bits per heavy atom. The third-order valence-corrected chi connectivity index (χ3v) is 2.30. The molecule has 2 amide bonds. The molecule has 0 aliphatic heterocycles. The topological polar surface area (TPSA) is 93.7 Å². The highest BCUT2D eigenvalue weighted by Gasteiger charge is 2.24. The first-order valence-corrected chi connectivity index (χ1v) is 7.12. The first-order valence-electron chi connectivity index (χ1n) is 7.12. The van der Waals surface area contributed by atoms with Crippen LogP contribution in [0.15, 0.2) is 0 Å². The van der Waals surface area contributed by atoms with Crippen molar-refractivity contribution >= 4 is 18.0 Å². The zero-order chi connectivity index (χ0) is 16.5. The van der Waals surface area contributed by atoms with E-state index < -0.39 is 29.6 Å². The van der Waals surface area contributed by atoms with Crippen molar-refractivity contribution < 1.29 is 23.9 Å². The second-order valence-corrected chi connectivity index (χ2v) is 5.51. The molecule has 21 heavy (non-hydrogen) atoms. The number of ether oxygens (including phenoxy) is 2. The Bertz CT molecular complexity index is 363. The lowest BCUT2D eigenvalue weighted by molar-refractivity contribution is -0.143. The van der Waals surface area contributed by atoms with Gasteiger partial charge in [-0.3, -0.25) is 9.59 Å². The van der Waals surface area contributed by atoms with Crippen molar-refractivity contribution in [3.8, 4) is 0 Å². The van der Waals surface area contributed by atoms with Crippen LogP contribution >= 0.6 is 0 Å². The minimum atomic E-state index is -0.737. The molecular formula is C14H26N2O5. The lowest BCUT2D eigenvalue weighted by Gasteiger charge is -2.23. The molecule has 0 unspecified atom stereocenters. The van der Waals surface area contributed by atoms with E-state index in [1.165, 1.54) is 0 Å². The monoisotopic (exact) mass is 302 g/mol. The fraction of sp³-hybridized carbons (Fsp3) is 0.786. The zero-order valence-corrected chi connectivity index (χ0v) is 13.4. The predicted octanol–water partition coefficient (Wildman–Crippen LogP) is 1.36. The quantitative estimate of drug-likeness (QED) is 0.693. The van der Waals surface area contributed by atoms with E-state index in [1.807, 2.05) is 6.92 Å². The highest BCUT2D eigenvalue weighted by Crippen LogP contribution is 2.07. The summed E-state index contributed by atoms with van der Waals surface area (Å²) in [4.78, 5) is 34.8. The zero-order valence-electron chi connectivity index (χ0n) is 13.4. The Hall–Kier alpha value is -1.79. The van der Waals surface area contributed by atoms with Gasteiger partial charge in [0.1, 0.15) is 18.2 Å². The van der Waals surface area contributed by atoms with Crippen LogP contribution in [0.5, 0.6) is 0 Å². The molecule has 1 atom stereocenters. The van der Waals surface area contributed by atoms with Crippen molar-refractivity contribution in [2.24, 2.45) is 0 Å². The summed E-state index contributed by atoms with van der Waals surface area (Å²) in [5.41, 5.74) is -0.637. The molecule has 0 aromatic heterocycles. The minimum absolute atomic E-state index is 0.219. The molecule has 0 bridgehead atoms. The summed E-state index contributed by atoms with van der Waals surface area (Å²) in [7, 11) is 0. The number of carbonyl (C=O) groups excluding carboxylic acids is 3. The summed E-state index contributed by atoms with van der Waals surface area (Å²) < 4.78 is 9.82. The van der Waals surface area contributed by atoms with E-state index in [-0.39, 0.29) is 13.2 Å². The molecule has 0 aliphatic rings. The van der Waals surface area contributed by atoms with Gasteiger partial charge in [-0.1, -0.05) is 13.3 Å². The van der Waals surface area contributed by atoms with Gasteiger partial charge < -0.3 is 20.1 Å². The number of rotatable bonds is 7. The maximum atomic E-state index is 12.0. The van der Waals surface area contributed by atoms with Gasteiger partial charge in [0.15, 0.2) is 0 Å². The van der Waals surface area contributed by atoms with Gasteiger partial charge in [0.25, 0.3) is 0 Å². The number of carbonyl (C=O) groups is 3. The van der Waals surface area contributed by atoms with Crippen LogP contribution < -0.4 is 10.6 Å². The van der Waals surface area contributed by atoms with Gasteiger partial charge in [-0.25, -0.2) is 4.79 Å². The molecule has 0 aliphatic carbocycles. The third kappa shape index (κ3) is 9.70. The van der Waals surface area contributed by atoms with Crippen LogP contribution in [0.3, 0.4) is 0 Å². The highest BCUT2D eigenvalue weighted by atomic mass is 16.6. The molecule has 122 valence electrons. The maximum Gasteiger partial charge on any atom is 0.408 e. The fourth-order valence-electron chi connectivity index (χ4n) is 1.50. The van der Waals surface area contributed by atoms with Gasteiger partial charge in [0, 0.05) is 0 Å². The summed E-state index contributed by atoms with van der Waals surface area (Å²) in [6.07, 6.45) is 0.494. The van der Waals surface area contributed by atoms with Crippen molar-refractivity contribution in [2.75, 3.05) is 13.2 Å². The first-order chi connectivity index (χ1) is 9.69. The van der Waals surface area contributed by atoms with Gasteiger partial charge in [0.05, 0.1) is 6.61 Å². The Kier molecular flexibility index (Phi) is 8.42. The van der Waals surface area contributed by atoms with E-state index in [4.69, 9.17) is 9.47 Å². The maximum absolute atomic E-state index is 12.0. The normalized spacial score (nSPS) is 12.2. The molecular weight excluding hydrogens is 276 g/mol. The molecule has 0 saturated heterocycles. The van der Waals surface area contributed by atoms with E-state index in [9.17, 15) is 14.4 Å². The van der Waals surface area contributed by atoms with Crippen LogP contribution in [0.1, 0.15) is 47.5 Å². The van der Waals surface area contributed by atoms with Crippen LogP contribution in [0.4, 0.5) is 4.79 Å². The largest absolute Gasteiger partial charge is 0.465 e. The third-order valence-electron chi connectivity index (χ3n) is 2.30. The second kappa shape index (κ2) is 9.20. The van der Waals surface area contributed by atoms with Gasteiger partial charge in [0.2, 0.25) is 5.91 Å². The Morgan fingerprint density at radius 2 is 1.76 bits per heavy atom. The Morgan fingerprint density at radius 1 is 1.14 bits per heavy atom. The number of hydrogen-bond donors (Lipinski definition) is 2. The summed E-state index contributed by atoms with van der Waals surface area (Å²) in [6.45, 7) is 8.82. The van der Waals surface area contributed by atoms with Gasteiger partial charge in [-0.05, 0) is 34.1 Å². The Labute approximate surface area is 125 Å². The van der Waals surface area contributed by atoms with E-state index in [0.29, 0.717) is 12.8 Å². The van der Waals surface area contributed by atoms with Crippen molar-refractivity contribution in [2.45, 2.75) is 59.1 Å². The van der Waals surface area contributed by atoms with E-state index in [1.54, 1.807) is 27.7 Å². The molecule has 0 heterocycles. The van der Waals surface area contributed by atoms with Crippen molar-refractivity contribution in [3.05, 3.63) is 0 Å². The van der Waals surface area contributed by atoms with Crippen LogP contribution in [0.2, 0.25) is 0 Å². The minimum Gasteiger partial charge on any atom is -0.465 e. The standard InChI is InChI=1S/C14H26N2O5/c1-6-8-10(16-13(19)21-14(3,4)5)12(18)15-9-11(17)20-7-2/h10H,6-9H2,1-5H3,(H,15,18)(H,16,19)/t10-/m0/s1. The smallest absolute Gasteiger partial charge is 0.408 e. The van der Waals surface area contributed by atoms with Crippen LogP contribution in [0.25, 0.3) is 0 Å². The second-order valence-electron chi connectivity index (χ2n) is 5.51. The van der Waals surface area contributed by atoms with Gasteiger partial charge in [-0.15, -0.1) is 0 Å². The van der Waals surface area contributed by atoms with Crippen molar-refractivity contribution in [1.82, 2.24) is 10.6 Å². The summed E-state index contributed by atoms with van der Waals surface area (Å²) in [6, 6.07) is -0.737.